The highest BCUT2D eigenvalue weighted by Crippen LogP contribution is 2.34. The van der Waals surface area contributed by atoms with Crippen LogP contribution in [0.1, 0.15) is 113 Å². The van der Waals surface area contributed by atoms with Crippen LogP contribution in [0.5, 0.6) is 0 Å². The summed E-state index contributed by atoms with van der Waals surface area (Å²) in [5.74, 6) is 0.928. The highest BCUT2D eigenvalue weighted by atomic mass is 16.2. The first kappa shape index (κ1) is 19.4. The first-order valence-electron chi connectivity index (χ1n) is 11.1. The third-order valence-corrected chi connectivity index (χ3v) is 6.70. The summed E-state index contributed by atoms with van der Waals surface area (Å²) in [7, 11) is 0. The first-order valence-corrected chi connectivity index (χ1v) is 11.1. The van der Waals surface area contributed by atoms with E-state index in [9.17, 15) is 4.79 Å². The van der Waals surface area contributed by atoms with Gasteiger partial charge in [0.05, 0.1) is 0 Å². The average molecular weight is 383 g/mol. The fourth-order valence-corrected chi connectivity index (χ4v) is 4.92. The lowest BCUT2D eigenvalue weighted by Crippen LogP contribution is -2.50. The van der Waals surface area contributed by atoms with E-state index in [1.54, 1.807) is 0 Å². The molecule has 0 unspecified atom stereocenters. The number of nitrogens with zero attached hydrogens (tertiary/aromatic N) is 4. The molecule has 1 saturated carbocycles. The minimum atomic E-state index is -0.104. The van der Waals surface area contributed by atoms with Crippen LogP contribution in [0.25, 0.3) is 5.65 Å². The van der Waals surface area contributed by atoms with Crippen molar-refractivity contribution in [3.05, 3.63) is 29.2 Å². The summed E-state index contributed by atoms with van der Waals surface area (Å²) in [6.07, 6.45) is 9.68. The maximum absolute atomic E-state index is 13.3. The monoisotopic (exact) mass is 382 g/mol. The molecule has 2 aliphatic rings. The van der Waals surface area contributed by atoms with Gasteiger partial charge in [0.15, 0.2) is 11.3 Å². The largest absolute Gasteiger partial charge is 0.332 e. The van der Waals surface area contributed by atoms with E-state index < -0.39 is 0 Å². The fraction of sp³-hybridized carbons (Fsp3) is 0.696. The van der Waals surface area contributed by atoms with E-state index in [0.29, 0.717) is 17.5 Å². The molecule has 0 atom stereocenters. The lowest BCUT2D eigenvalue weighted by atomic mass is 9.86. The van der Waals surface area contributed by atoms with E-state index >= 15 is 0 Å². The van der Waals surface area contributed by atoms with E-state index in [1.807, 2.05) is 15.5 Å². The molecule has 0 aromatic carbocycles. The predicted octanol–water partition coefficient (Wildman–Crippen LogP) is 5.31. The van der Waals surface area contributed by atoms with Gasteiger partial charge >= 0.3 is 0 Å². The zero-order valence-corrected chi connectivity index (χ0v) is 17.9. The number of hydrogen-bond donors (Lipinski definition) is 0. The van der Waals surface area contributed by atoms with Crippen LogP contribution in [0.3, 0.4) is 0 Å². The molecule has 4 rings (SSSR count). The van der Waals surface area contributed by atoms with Crippen molar-refractivity contribution in [1.29, 1.82) is 0 Å². The van der Waals surface area contributed by atoms with Crippen molar-refractivity contribution >= 4 is 11.6 Å². The van der Waals surface area contributed by atoms with Crippen molar-refractivity contribution in [2.75, 3.05) is 6.54 Å². The molecule has 0 bridgehead atoms. The van der Waals surface area contributed by atoms with E-state index in [4.69, 9.17) is 10.1 Å². The van der Waals surface area contributed by atoms with E-state index in [-0.39, 0.29) is 11.4 Å². The van der Waals surface area contributed by atoms with Crippen LogP contribution in [0.4, 0.5) is 0 Å². The second-order valence-electron chi connectivity index (χ2n) is 9.62. The third kappa shape index (κ3) is 3.56. The van der Waals surface area contributed by atoms with Gasteiger partial charge in [-0.3, -0.25) is 4.79 Å². The minimum Gasteiger partial charge on any atom is -0.332 e. The van der Waals surface area contributed by atoms with Crippen LogP contribution < -0.4 is 0 Å². The summed E-state index contributed by atoms with van der Waals surface area (Å²) < 4.78 is 1.90. The lowest BCUT2D eigenvalue weighted by Gasteiger charge is -2.42. The maximum atomic E-state index is 13.3. The fourth-order valence-electron chi connectivity index (χ4n) is 4.92. The molecule has 2 aromatic heterocycles. The quantitative estimate of drug-likeness (QED) is 0.723. The molecule has 28 heavy (non-hydrogen) atoms. The smallest absolute Gasteiger partial charge is 0.274 e. The van der Waals surface area contributed by atoms with E-state index in [2.05, 4.69) is 33.8 Å². The molecular weight excluding hydrogens is 348 g/mol. The Balaban J connectivity index is 1.73. The summed E-state index contributed by atoms with van der Waals surface area (Å²) in [5.41, 5.74) is 3.60. The molecule has 1 aliphatic carbocycles. The molecule has 5 nitrogen and oxygen atoms in total. The number of rotatable bonds is 3. The third-order valence-electron chi connectivity index (χ3n) is 6.70. The number of amides is 1. The molecule has 0 N–H and O–H groups in total. The SMILES string of the molecule is CC(C)c1cc(C2CCCCC2)nc2cc(C(=O)N3CCCCC3(C)C)nn12. The molecule has 0 spiro atoms. The number of aromatic nitrogens is 3. The maximum Gasteiger partial charge on any atom is 0.274 e. The second-order valence-corrected chi connectivity index (χ2v) is 9.62. The highest BCUT2D eigenvalue weighted by Gasteiger charge is 2.35. The van der Waals surface area contributed by atoms with E-state index in [0.717, 1.165) is 30.7 Å². The number of likely N-dealkylation sites (tertiary alicyclic amines) is 1. The Morgan fingerprint density at radius 1 is 1.11 bits per heavy atom. The number of hydrogen-bond acceptors (Lipinski definition) is 3. The molecule has 1 aliphatic heterocycles. The summed E-state index contributed by atoms with van der Waals surface area (Å²) in [5, 5.41) is 4.72. The van der Waals surface area contributed by atoms with Crippen LogP contribution in [0.15, 0.2) is 12.1 Å². The standard InChI is InChI=1S/C23H34N4O/c1-16(2)20-14-18(17-10-6-5-7-11-17)24-21-15-19(25-27(20)21)22(28)26-13-9-8-12-23(26,3)4/h14-17H,5-13H2,1-4H3. The number of carbonyl (C=O) groups excluding carboxylic acids is 1. The van der Waals surface area contributed by atoms with Gasteiger partial charge in [0, 0.05) is 35.5 Å². The predicted molar refractivity (Wildman–Crippen MR) is 112 cm³/mol. The summed E-state index contributed by atoms with van der Waals surface area (Å²) in [6.45, 7) is 9.53. The minimum absolute atomic E-state index is 0.0455. The van der Waals surface area contributed by atoms with Crippen LogP contribution >= 0.6 is 0 Å². The average Bonchev–Trinajstić information content (AvgIpc) is 3.11. The molecule has 0 radical (unpaired) electrons. The Labute approximate surface area is 168 Å². The Morgan fingerprint density at radius 3 is 2.54 bits per heavy atom. The van der Waals surface area contributed by atoms with Gasteiger partial charge in [-0.1, -0.05) is 33.1 Å². The molecule has 2 aromatic rings. The van der Waals surface area contributed by atoms with Gasteiger partial charge in [-0.15, -0.1) is 0 Å². The first-order chi connectivity index (χ1) is 13.4. The van der Waals surface area contributed by atoms with E-state index in [1.165, 1.54) is 44.2 Å². The van der Waals surface area contributed by atoms with Gasteiger partial charge in [-0.05, 0) is 57.9 Å². The Hall–Kier alpha value is -1.91. The van der Waals surface area contributed by atoms with Gasteiger partial charge in [0.2, 0.25) is 0 Å². The van der Waals surface area contributed by atoms with Crippen LogP contribution in [0, 0.1) is 0 Å². The van der Waals surface area contributed by atoms with Gasteiger partial charge in [0.1, 0.15) is 0 Å². The molecule has 152 valence electrons. The van der Waals surface area contributed by atoms with Crippen molar-refractivity contribution in [3.63, 3.8) is 0 Å². The van der Waals surface area contributed by atoms with Gasteiger partial charge in [0.25, 0.3) is 5.91 Å². The summed E-state index contributed by atoms with van der Waals surface area (Å²) in [4.78, 5) is 20.2. The Bertz CT molecular complexity index is 861. The lowest BCUT2D eigenvalue weighted by molar-refractivity contribution is 0.0427. The van der Waals surface area contributed by atoms with Crippen molar-refractivity contribution in [3.8, 4) is 0 Å². The van der Waals surface area contributed by atoms with Crippen molar-refractivity contribution in [2.24, 2.45) is 0 Å². The summed E-state index contributed by atoms with van der Waals surface area (Å²) >= 11 is 0. The molecule has 3 heterocycles. The highest BCUT2D eigenvalue weighted by molar-refractivity contribution is 5.94. The molecule has 1 saturated heterocycles. The van der Waals surface area contributed by atoms with Crippen molar-refractivity contribution in [1.82, 2.24) is 19.5 Å². The molecule has 2 fully saturated rings. The topological polar surface area (TPSA) is 50.5 Å². The second kappa shape index (κ2) is 7.49. The van der Waals surface area contributed by atoms with Crippen molar-refractivity contribution < 1.29 is 4.79 Å². The molecular formula is C23H34N4O. The zero-order valence-electron chi connectivity index (χ0n) is 17.9. The number of piperidine rings is 1. The van der Waals surface area contributed by atoms with Crippen LogP contribution in [0.2, 0.25) is 0 Å². The van der Waals surface area contributed by atoms with Crippen LogP contribution in [-0.2, 0) is 0 Å². The van der Waals surface area contributed by atoms with Crippen molar-refractivity contribution in [2.45, 2.75) is 96.4 Å². The number of carbonyl (C=O) groups is 1. The van der Waals surface area contributed by atoms with Crippen LogP contribution in [-0.4, -0.2) is 37.5 Å². The Morgan fingerprint density at radius 2 is 1.86 bits per heavy atom. The normalized spacial score (nSPS) is 20.8. The van der Waals surface area contributed by atoms with Gasteiger partial charge in [-0.25, -0.2) is 9.50 Å². The number of fused-ring (bicyclic) bond motifs is 1. The van der Waals surface area contributed by atoms with Gasteiger partial charge in [-0.2, -0.15) is 5.10 Å². The Kier molecular flexibility index (Phi) is 5.19. The van der Waals surface area contributed by atoms with Gasteiger partial charge < -0.3 is 4.90 Å². The molecule has 1 amide bonds. The zero-order chi connectivity index (χ0) is 19.9. The summed E-state index contributed by atoms with van der Waals surface area (Å²) in [6, 6.07) is 4.14. The molecule has 5 heteroatoms.